The van der Waals surface area contributed by atoms with Crippen molar-refractivity contribution in [2.75, 3.05) is 32.1 Å². The Labute approximate surface area is 127 Å². The van der Waals surface area contributed by atoms with Gasteiger partial charge < -0.3 is 10.0 Å². The third-order valence-electron chi connectivity index (χ3n) is 3.90. The van der Waals surface area contributed by atoms with Crippen LogP contribution in [0.5, 0.6) is 0 Å². The van der Waals surface area contributed by atoms with Gasteiger partial charge in [0.25, 0.3) is 0 Å². The fraction of sp³-hybridized carbons (Fsp3) is 0.600. The number of benzene rings is 1. The summed E-state index contributed by atoms with van der Waals surface area (Å²) in [6.45, 7) is 0.653. The molecule has 1 heterocycles. The highest BCUT2D eigenvalue weighted by atomic mass is 32.2. The molecule has 1 aliphatic heterocycles. The van der Waals surface area contributed by atoms with Crippen LogP contribution in [0.1, 0.15) is 17.5 Å². The molecule has 0 spiro atoms. The van der Waals surface area contributed by atoms with Crippen molar-refractivity contribution in [3.05, 3.63) is 35.4 Å². The molecule has 1 aliphatic rings. The number of aliphatic hydroxyl groups is 1. The van der Waals surface area contributed by atoms with Crippen LogP contribution in [0, 0.1) is 5.92 Å². The van der Waals surface area contributed by atoms with Crippen LogP contribution in [0.4, 0.5) is 13.2 Å². The van der Waals surface area contributed by atoms with Crippen LogP contribution in [0.15, 0.2) is 24.3 Å². The summed E-state index contributed by atoms with van der Waals surface area (Å²) in [6.07, 6.45) is -3.90. The summed E-state index contributed by atoms with van der Waals surface area (Å²) in [5, 5.41) is 11.0. The molecule has 1 fully saturated rings. The summed E-state index contributed by atoms with van der Waals surface area (Å²) in [7, 11) is 3.82. The number of rotatable bonds is 3. The average molecular weight is 319 g/mol. The normalized spacial score (nSPS) is 27.1. The molecule has 0 aromatic heterocycles. The lowest BCUT2D eigenvalue weighted by atomic mass is 9.79. The minimum absolute atomic E-state index is 0.0743. The maximum Gasteiger partial charge on any atom is 0.416 e. The Hall–Kier alpha value is -0.720. The Balaban J connectivity index is 2.36. The second kappa shape index (κ2) is 6.18. The van der Waals surface area contributed by atoms with Crippen molar-refractivity contribution in [1.82, 2.24) is 4.90 Å². The number of hydrogen-bond acceptors (Lipinski definition) is 3. The quantitative estimate of drug-likeness (QED) is 0.925. The van der Waals surface area contributed by atoms with Gasteiger partial charge in [-0.05, 0) is 44.0 Å². The molecule has 2 atom stereocenters. The van der Waals surface area contributed by atoms with Gasteiger partial charge in [0.15, 0.2) is 0 Å². The zero-order valence-electron chi connectivity index (χ0n) is 12.2. The molecular weight excluding hydrogens is 299 g/mol. The highest BCUT2D eigenvalue weighted by molar-refractivity contribution is 7.99. The molecule has 1 aromatic rings. The molecule has 1 aromatic carbocycles. The van der Waals surface area contributed by atoms with E-state index in [1.165, 1.54) is 6.07 Å². The van der Waals surface area contributed by atoms with Gasteiger partial charge in [-0.1, -0.05) is 12.1 Å². The SMILES string of the molecule is CN(C)C[C@H]1CSCC[C@]1(O)c1cccc(C(F)(F)F)c1. The summed E-state index contributed by atoms with van der Waals surface area (Å²) in [5.41, 5.74) is -1.50. The second-order valence-corrected chi connectivity index (χ2v) is 6.94. The molecule has 2 nitrogen and oxygen atoms in total. The number of halogens is 3. The average Bonchev–Trinajstić information content (AvgIpc) is 2.40. The van der Waals surface area contributed by atoms with Gasteiger partial charge in [0, 0.05) is 18.2 Å². The van der Waals surface area contributed by atoms with Crippen LogP contribution in [-0.4, -0.2) is 42.2 Å². The Kier molecular flexibility index (Phi) is 4.90. The zero-order valence-corrected chi connectivity index (χ0v) is 13.0. The second-order valence-electron chi connectivity index (χ2n) is 5.79. The maximum absolute atomic E-state index is 12.9. The molecule has 21 heavy (non-hydrogen) atoms. The standard InChI is InChI=1S/C15H20F3NOS/c1-19(2)9-13-10-21-7-6-14(13,20)11-4-3-5-12(8-11)15(16,17)18/h3-5,8,13,20H,6-7,9-10H2,1-2H3/t13-,14-/m0/s1. The van der Waals surface area contributed by atoms with Crippen molar-refractivity contribution >= 4 is 11.8 Å². The molecule has 0 radical (unpaired) electrons. The third kappa shape index (κ3) is 3.73. The van der Waals surface area contributed by atoms with E-state index < -0.39 is 17.3 Å². The minimum atomic E-state index is -4.38. The van der Waals surface area contributed by atoms with E-state index in [4.69, 9.17) is 0 Å². The Morgan fingerprint density at radius 3 is 2.71 bits per heavy atom. The van der Waals surface area contributed by atoms with E-state index in [1.807, 2.05) is 19.0 Å². The van der Waals surface area contributed by atoms with Gasteiger partial charge in [-0.2, -0.15) is 24.9 Å². The highest BCUT2D eigenvalue weighted by Crippen LogP contribution is 2.42. The van der Waals surface area contributed by atoms with Crippen molar-refractivity contribution < 1.29 is 18.3 Å². The van der Waals surface area contributed by atoms with Gasteiger partial charge in [0.1, 0.15) is 0 Å². The van der Waals surface area contributed by atoms with E-state index in [0.29, 0.717) is 18.5 Å². The van der Waals surface area contributed by atoms with Crippen LogP contribution >= 0.6 is 11.8 Å². The summed E-state index contributed by atoms with van der Waals surface area (Å²) in [6, 6.07) is 5.13. The summed E-state index contributed by atoms with van der Waals surface area (Å²) >= 11 is 1.74. The van der Waals surface area contributed by atoms with Gasteiger partial charge >= 0.3 is 6.18 Å². The Bertz CT molecular complexity index is 492. The molecule has 0 amide bonds. The molecule has 0 bridgehead atoms. The molecule has 118 valence electrons. The van der Waals surface area contributed by atoms with Gasteiger partial charge in [0.2, 0.25) is 0 Å². The number of thioether (sulfide) groups is 1. The lowest BCUT2D eigenvalue weighted by Gasteiger charge is -2.41. The molecule has 0 aliphatic carbocycles. The highest BCUT2D eigenvalue weighted by Gasteiger charge is 2.42. The van der Waals surface area contributed by atoms with Crippen molar-refractivity contribution in [2.45, 2.75) is 18.2 Å². The van der Waals surface area contributed by atoms with E-state index in [9.17, 15) is 18.3 Å². The first-order chi connectivity index (χ1) is 9.73. The zero-order chi connectivity index (χ0) is 15.7. The summed E-state index contributed by atoms with van der Waals surface area (Å²) in [5.74, 6) is 1.44. The minimum Gasteiger partial charge on any atom is -0.385 e. The number of nitrogens with zero attached hydrogens (tertiary/aromatic N) is 1. The topological polar surface area (TPSA) is 23.5 Å². The lowest BCUT2D eigenvalue weighted by Crippen LogP contribution is -2.45. The predicted octanol–water partition coefficient (Wildman–Crippen LogP) is 3.21. The molecule has 0 saturated carbocycles. The van der Waals surface area contributed by atoms with Crippen molar-refractivity contribution in [2.24, 2.45) is 5.92 Å². The van der Waals surface area contributed by atoms with E-state index in [2.05, 4.69) is 0 Å². The number of hydrogen-bond donors (Lipinski definition) is 1. The largest absolute Gasteiger partial charge is 0.416 e. The first kappa shape index (κ1) is 16.6. The smallest absolute Gasteiger partial charge is 0.385 e. The summed E-state index contributed by atoms with van der Waals surface area (Å²) in [4.78, 5) is 1.97. The predicted molar refractivity (Wildman–Crippen MR) is 79.3 cm³/mol. The van der Waals surface area contributed by atoms with Gasteiger partial charge in [-0.15, -0.1) is 0 Å². The van der Waals surface area contributed by atoms with Crippen molar-refractivity contribution in [3.8, 4) is 0 Å². The first-order valence-corrected chi connectivity index (χ1v) is 8.01. The fourth-order valence-corrected chi connectivity index (χ4v) is 4.07. The lowest BCUT2D eigenvalue weighted by molar-refractivity contribution is -0.137. The molecule has 1 N–H and O–H groups in total. The Morgan fingerprint density at radius 2 is 2.10 bits per heavy atom. The molecule has 2 rings (SSSR count). The summed E-state index contributed by atoms with van der Waals surface area (Å²) < 4.78 is 38.6. The van der Waals surface area contributed by atoms with Crippen molar-refractivity contribution in [3.63, 3.8) is 0 Å². The van der Waals surface area contributed by atoms with E-state index >= 15 is 0 Å². The van der Waals surface area contributed by atoms with E-state index in [1.54, 1.807) is 17.8 Å². The molecule has 0 unspecified atom stereocenters. The third-order valence-corrected chi connectivity index (χ3v) is 5.03. The first-order valence-electron chi connectivity index (χ1n) is 6.86. The molecular formula is C15H20F3NOS. The monoisotopic (exact) mass is 319 g/mol. The fourth-order valence-electron chi connectivity index (χ4n) is 2.78. The van der Waals surface area contributed by atoms with E-state index in [-0.39, 0.29) is 5.92 Å². The van der Waals surface area contributed by atoms with Crippen molar-refractivity contribution in [1.29, 1.82) is 0 Å². The van der Waals surface area contributed by atoms with Gasteiger partial charge in [0.05, 0.1) is 11.2 Å². The Morgan fingerprint density at radius 1 is 1.38 bits per heavy atom. The van der Waals surface area contributed by atoms with Crippen LogP contribution in [0.3, 0.4) is 0 Å². The molecule has 1 saturated heterocycles. The van der Waals surface area contributed by atoms with Crippen LogP contribution in [0.25, 0.3) is 0 Å². The van der Waals surface area contributed by atoms with Crippen LogP contribution in [0.2, 0.25) is 0 Å². The van der Waals surface area contributed by atoms with Gasteiger partial charge in [-0.3, -0.25) is 0 Å². The maximum atomic E-state index is 12.9. The van der Waals surface area contributed by atoms with Crippen LogP contribution < -0.4 is 0 Å². The van der Waals surface area contributed by atoms with E-state index in [0.717, 1.165) is 23.6 Å². The van der Waals surface area contributed by atoms with Crippen LogP contribution in [-0.2, 0) is 11.8 Å². The number of alkyl halides is 3. The van der Waals surface area contributed by atoms with Gasteiger partial charge in [-0.25, -0.2) is 0 Å². The molecule has 6 heteroatoms.